The smallest absolute Gasteiger partial charge is 0.327 e. The zero-order valence-electron chi connectivity index (χ0n) is 19.8. The SMILES string of the molecule is CN(C)c1ccc(C2C3C(=O)N(c4ccccc4)C(=O)C3C(C(=O)O)N2C(=O)Cc2cccs2)cc1. The molecule has 3 amide bonds. The van der Waals surface area contributed by atoms with E-state index in [1.807, 2.05) is 48.6 Å². The van der Waals surface area contributed by atoms with Crippen LogP contribution in [0.2, 0.25) is 0 Å². The first-order valence-electron chi connectivity index (χ1n) is 11.6. The molecule has 3 heterocycles. The van der Waals surface area contributed by atoms with Gasteiger partial charge in [0.05, 0.1) is 30.0 Å². The number of amides is 3. The lowest BCUT2D eigenvalue weighted by molar-refractivity contribution is -0.152. The molecule has 9 heteroatoms. The Hall–Kier alpha value is -3.98. The number of nitrogens with zero attached hydrogens (tertiary/aromatic N) is 3. The number of fused-ring (bicyclic) bond motifs is 1. The molecule has 2 saturated heterocycles. The molecule has 4 unspecified atom stereocenters. The van der Waals surface area contributed by atoms with E-state index in [9.17, 15) is 24.3 Å². The van der Waals surface area contributed by atoms with E-state index in [1.165, 1.54) is 16.2 Å². The molecule has 1 N–H and O–H groups in total. The molecule has 5 rings (SSSR count). The fraction of sp³-hybridized carbons (Fsp3) is 0.259. The van der Waals surface area contributed by atoms with Gasteiger partial charge >= 0.3 is 5.97 Å². The second-order valence-corrected chi connectivity index (χ2v) is 10.2. The predicted molar refractivity (Wildman–Crippen MR) is 136 cm³/mol. The second kappa shape index (κ2) is 9.23. The number of anilines is 2. The number of aliphatic carboxylic acids is 1. The van der Waals surface area contributed by atoms with Crippen LogP contribution in [0, 0.1) is 11.8 Å². The number of thiophene rings is 1. The summed E-state index contributed by atoms with van der Waals surface area (Å²) in [6.45, 7) is 0. The fourth-order valence-corrected chi connectivity index (χ4v) is 6.00. The van der Waals surface area contributed by atoms with Crippen LogP contribution in [0.4, 0.5) is 11.4 Å². The first kappa shape index (κ1) is 23.7. The maximum absolute atomic E-state index is 13.8. The summed E-state index contributed by atoms with van der Waals surface area (Å²) in [5.41, 5.74) is 1.93. The minimum Gasteiger partial charge on any atom is -0.480 e. The lowest BCUT2D eigenvalue weighted by Gasteiger charge is -2.32. The summed E-state index contributed by atoms with van der Waals surface area (Å²) in [5.74, 6) is -4.99. The van der Waals surface area contributed by atoms with Crippen molar-refractivity contribution in [3.05, 3.63) is 82.6 Å². The van der Waals surface area contributed by atoms with Crippen molar-refractivity contribution in [3.8, 4) is 0 Å². The molecule has 0 aliphatic carbocycles. The molecule has 1 aromatic heterocycles. The number of carboxylic acid groups (broad SMARTS) is 1. The number of para-hydroxylation sites is 1. The van der Waals surface area contributed by atoms with Crippen LogP contribution in [-0.4, -0.2) is 53.8 Å². The highest BCUT2D eigenvalue weighted by Crippen LogP contribution is 2.51. The van der Waals surface area contributed by atoms with Crippen molar-refractivity contribution in [3.63, 3.8) is 0 Å². The molecule has 3 aromatic rings. The highest BCUT2D eigenvalue weighted by molar-refractivity contribution is 7.10. The number of hydrogen-bond donors (Lipinski definition) is 1. The van der Waals surface area contributed by atoms with E-state index in [1.54, 1.807) is 42.5 Å². The van der Waals surface area contributed by atoms with Crippen molar-refractivity contribution in [2.45, 2.75) is 18.5 Å². The van der Waals surface area contributed by atoms with Crippen LogP contribution in [0.3, 0.4) is 0 Å². The van der Waals surface area contributed by atoms with Gasteiger partial charge in [0.15, 0.2) is 0 Å². The Morgan fingerprint density at radius 2 is 1.58 bits per heavy atom. The lowest BCUT2D eigenvalue weighted by atomic mass is 9.86. The molecule has 0 saturated carbocycles. The summed E-state index contributed by atoms with van der Waals surface area (Å²) in [5, 5.41) is 12.1. The van der Waals surface area contributed by atoms with Crippen molar-refractivity contribution in [2.24, 2.45) is 11.8 Å². The number of benzene rings is 2. The molecule has 2 fully saturated rings. The normalized spacial score (nSPS) is 23.2. The van der Waals surface area contributed by atoms with Crippen molar-refractivity contribution in [1.82, 2.24) is 4.90 Å². The summed E-state index contributed by atoms with van der Waals surface area (Å²) in [6, 6.07) is 17.1. The van der Waals surface area contributed by atoms with Gasteiger partial charge in [-0.05, 0) is 41.3 Å². The van der Waals surface area contributed by atoms with E-state index in [0.717, 1.165) is 15.5 Å². The zero-order valence-corrected chi connectivity index (χ0v) is 20.6. The lowest BCUT2D eigenvalue weighted by Crippen LogP contribution is -2.48. The number of carbonyl (C=O) groups excluding carboxylic acids is 3. The van der Waals surface area contributed by atoms with Gasteiger partial charge in [-0.3, -0.25) is 14.4 Å². The fourth-order valence-electron chi connectivity index (χ4n) is 5.30. The van der Waals surface area contributed by atoms with E-state index in [4.69, 9.17) is 0 Å². The van der Waals surface area contributed by atoms with Crippen LogP contribution in [0.25, 0.3) is 0 Å². The molecule has 4 atom stereocenters. The Labute approximate surface area is 212 Å². The predicted octanol–water partition coefficient (Wildman–Crippen LogP) is 3.20. The maximum Gasteiger partial charge on any atom is 0.327 e. The molecule has 2 aromatic carbocycles. The van der Waals surface area contributed by atoms with Crippen LogP contribution < -0.4 is 9.80 Å². The minimum absolute atomic E-state index is 0.00204. The first-order valence-corrected chi connectivity index (χ1v) is 12.4. The van der Waals surface area contributed by atoms with Gasteiger partial charge in [0.2, 0.25) is 17.7 Å². The standard InChI is InChI=1S/C27H25N3O5S/c1-28(2)17-12-10-16(11-13-17)23-21-22(26(33)29(25(21)32)18-7-4-3-5-8-18)24(27(34)35)30(23)20(31)15-19-9-6-14-36-19/h3-14,21-24H,15H2,1-2H3,(H,34,35). The molecular formula is C27H25N3O5S. The zero-order chi connectivity index (χ0) is 25.6. The summed E-state index contributed by atoms with van der Waals surface area (Å²) in [7, 11) is 3.80. The Balaban J connectivity index is 1.62. The summed E-state index contributed by atoms with van der Waals surface area (Å²) >= 11 is 1.40. The van der Waals surface area contributed by atoms with Crippen molar-refractivity contribution in [2.75, 3.05) is 23.9 Å². The molecule has 0 radical (unpaired) electrons. The Morgan fingerprint density at radius 3 is 2.17 bits per heavy atom. The molecule has 36 heavy (non-hydrogen) atoms. The summed E-state index contributed by atoms with van der Waals surface area (Å²) < 4.78 is 0. The van der Waals surface area contributed by atoms with Gasteiger partial charge in [-0.15, -0.1) is 11.3 Å². The maximum atomic E-state index is 13.8. The van der Waals surface area contributed by atoms with Crippen LogP contribution in [0.15, 0.2) is 72.1 Å². The van der Waals surface area contributed by atoms with Gasteiger partial charge < -0.3 is 14.9 Å². The highest BCUT2D eigenvalue weighted by Gasteiger charge is 2.65. The molecule has 0 bridgehead atoms. The Kier molecular flexibility index (Phi) is 6.09. The first-order chi connectivity index (χ1) is 17.3. The highest BCUT2D eigenvalue weighted by atomic mass is 32.1. The van der Waals surface area contributed by atoms with Gasteiger partial charge in [0.25, 0.3) is 0 Å². The topological polar surface area (TPSA) is 98.2 Å². The quantitative estimate of drug-likeness (QED) is 0.519. The van der Waals surface area contributed by atoms with Crippen LogP contribution in [0.1, 0.15) is 16.5 Å². The van der Waals surface area contributed by atoms with Gasteiger partial charge in [0.1, 0.15) is 6.04 Å². The van der Waals surface area contributed by atoms with Gasteiger partial charge in [-0.1, -0.05) is 36.4 Å². The van der Waals surface area contributed by atoms with E-state index < -0.39 is 47.6 Å². The molecular weight excluding hydrogens is 478 g/mol. The number of hydrogen-bond acceptors (Lipinski definition) is 6. The van der Waals surface area contributed by atoms with E-state index >= 15 is 0 Å². The average molecular weight is 504 g/mol. The third-order valence-electron chi connectivity index (χ3n) is 6.89. The van der Waals surface area contributed by atoms with Gasteiger partial charge in [-0.2, -0.15) is 0 Å². The Bertz CT molecular complexity index is 1310. The molecule has 184 valence electrons. The monoisotopic (exact) mass is 503 g/mol. The third-order valence-corrected chi connectivity index (χ3v) is 7.77. The molecule has 2 aliphatic rings. The van der Waals surface area contributed by atoms with Crippen molar-refractivity contribution >= 4 is 46.4 Å². The second-order valence-electron chi connectivity index (χ2n) is 9.17. The Morgan fingerprint density at radius 1 is 0.917 bits per heavy atom. The number of imide groups is 1. The molecule has 2 aliphatic heterocycles. The van der Waals surface area contributed by atoms with E-state index in [0.29, 0.717) is 11.3 Å². The third kappa shape index (κ3) is 3.85. The van der Waals surface area contributed by atoms with Crippen molar-refractivity contribution < 1.29 is 24.3 Å². The van der Waals surface area contributed by atoms with Crippen LogP contribution in [-0.2, 0) is 25.6 Å². The summed E-state index contributed by atoms with van der Waals surface area (Å²) in [4.78, 5) is 58.6. The largest absolute Gasteiger partial charge is 0.480 e. The van der Waals surface area contributed by atoms with Gasteiger partial charge in [-0.25, -0.2) is 9.69 Å². The van der Waals surface area contributed by atoms with Gasteiger partial charge in [0, 0.05) is 24.7 Å². The molecule has 8 nitrogen and oxygen atoms in total. The van der Waals surface area contributed by atoms with E-state index in [-0.39, 0.29) is 6.42 Å². The van der Waals surface area contributed by atoms with Crippen LogP contribution in [0.5, 0.6) is 0 Å². The number of rotatable bonds is 6. The van der Waals surface area contributed by atoms with Crippen molar-refractivity contribution in [1.29, 1.82) is 0 Å². The molecule has 0 spiro atoms. The number of carbonyl (C=O) groups is 4. The van der Waals surface area contributed by atoms with E-state index in [2.05, 4.69) is 0 Å². The number of carboxylic acids is 1. The van der Waals surface area contributed by atoms with Crippen LogP contribution >= 0.6 is 11.3 Å². The number of likely N-dealkylation sites (tertiary alicyclic amines) is 1. The summed E-state index contributed by atoms with van der Waals surface area (Å²) in [6.07, 6.45) is -0.00204. The minimum atomic E-state index is -1.45. The average Bonchev–Trinajstić information content (AvgIpc) is 3.55.